The molecule has 0 aliphatic carbocycles. The predicted molar refractivity (Wildman–Crippen MR) is 162 cm³/mol. The molecule has 0 spiro atoms. The van der Waals surface area contributed by atoms with Crippen molar-refractivity contribution in [2.24, 2.45) is 11.7 Å². The van der Waals surface area contributed by atoms with Crippen LogP contribution in [0, 0.1) is 11.7 Å². The largest absolute Gasteiger partial charge is 0.493 e. The Morgan fingerprint density at radius 1 is 0.902 bits per heavy atom. The van der Waals surface area contributed by atoms with Crippen LogP contribution in [0.1, 0.15) is 30.9 Å². The first-order chi connectivity index (χ1) is 20.0. The Balaban J connectivity index is 1.07. The first-order valence-corrected chi connectivity index (χ1v) is 15.1. The van der Waals surface area contributed by atoms with Gasteiger partial charge < -0.3 is 20.3 Å². The summed E-state index contributed by atoms with van der Waals surface area (Å²) in [4.78, 5) is 19.9. The van der Waals surface area contributed by atoms with Gasteiger partial charge in [-0.3, -0.25) is 9.69 Å². The smallest absolute Gasteiger partial charge is 0.239 e. The van der Waals surface area contributed by atoms with Crippen molar-refractivity contribution in [2.45, 2.75) is 38.8 Å². The van der Waals surface area contributed by atoms with E-state index in [1.165, 1.54) is 22.8 Å². The van der Waals surface area contributed by atoms with Crippen LogP contribution < -0.4 is 10.5 Å². The average Bonchev–Trinajstić information content (AvgIpc) is 3.02. The van der Waals surface area contributed by atoms with E-state index in [0.717, 1.165) is 38.9 Å². The Labute approximate surface area is 243 Å². The fraction of sp³-hybridized carbons (Fsp3) is 0.441. The number of carbonyl (C=O) groups is 1. The third-order valence-electron chi connectivity index (χ3n) is 8.67. The molecule has 0 aromatic heterocycles. The summed E-state index contributed by atoms with van der Waals surface area (Å²) in [7, 11) is 0. The van der Waals surface area contributed by atoms with Crippen LogP contribution in [-0.4, -0.2) is 79.1 Å². The number of piperidine rings is 1. The van der Waals surface area contributed by atoms with Gasteiger partial charge in [-0.2, -0.15) is 0 Å². The Hall–Kier alpha value is -3.26. The molecule has 6 nitrogen and oxygen atoms in total. The number of hydrogen-bond donors (Lipinski definition) is 1. The maximum atomic E-state index is 14.5. The average molecular weight is 559 g/mol. The second kappa shape index (κ2) is 14.1. The molecule has 1 unspecified atom stereocenters. The van der Waals surface area contributed by atoms with Gasteiger partial charge in [0.1, 0.15) is 11.6 Å². The van der Waals surface area contributed by atoms with E-state index in [2.05, 4.69) is 64.4 Å². The Bertz CT molecular complexity index is 1270. The molecule has 2 heterocycles. The number of likely N-dealkylation sites (tertiary alicyclic amines) is 1. The molecule has 3 aromatic rings. The highest BCUT2D eigenvalue weighted by atomic mass is 19.1. The summed E-state index contributed by atoms with van der Waals surface area (Å²) in [6.45, 7) is 8.45. The molecule has 2 aliphatic rings. The van der Waals surface area contributed by atoms with E-state index >= 15 is 0 Å². The Kier molecular flexibility index (Phi) is 10.0. The fourth-order valence-corrected chi connectivity index (χ4v) is 6.20. The molecule has 41 heavy (non-hydrogen) atoms. The number of piperazine rings is 1. The molecule has 5 rings (SSSR count). The minimum atomic E-state index is -0.460. The number of hydrogen-bond acceptors (Lipinski definition) is 5. The number of benzene rings is 3. The van der Waals surface area contributed by atoms with Crippen LogP contribution >= 0.6 is 0 Å². The number of carbonyl (C=O) groups excluding carboxylic acids is 1. The molecule has 0 bridgehead atoms. The molecular weight excluding hydrogens is 515 g/mol. The number of amides is 1. The molecule has 2 aliphatic heterocycles. The summed E-state index contributed by atoms with van der Waals surface area (Å²) in [5.74, 6) is 0.615. The topological polar surface area (TPSA) is 62.0 Å². The lowest BCUT2D eigenvalue weighted by molar-refractivity contribution is -0.136. The minimum Gasteiger partial charge on any atom is -0.493 e. The van der Waals surface area contributed by atoms with Crippen molar-refractivity contribution in [3.8, 4) is 16.9 Å². The quantitative estimate of drug-likeness (QED) is 0.387. The van der Waals surface area contributed by atoms with Crippen LogP contribution in [0.4, 0.5) is 4.39 Å². The zero-order valence-corrected chi connectivity index (χ0v) is 24.2. The number of nitrogens with two attached hydrogens (primary N) is 1. The number of rotatable bonds is 10. The molecular formula is C34H43FN4O2. The van der Waals surface area contributed by atoms with E-state index in [0.29, 0.717) is 50.6 Å². The van der Waals surface area contributed by atoms with E-state index < -0.39 is 6.04 Å². The van der Waals surface area contributed by atoms with Crippen LogP contribution in [0.15, 0.2) is 72.8 Å². The number of halogens is 1. The third-order valence-corrected chi connectivity index (χ3v) is 8.67. The molecule has 0 saturated carbocycles. The summed E-state index contributed by atoms with van der Waals surface area (Å²) in [6, 6.07) is 23.8. The first-order valence-electron chi connectivity index (χ1n) is 15.1. The SMILES string of the molecule is CCOc1cccc(F)c1CN1CCN(C(=O)C(N)C2CCN(CCc3ccccc3-c3ccccc3)CC2)CC1. The highest BCUT2D eigenvalue weighted by molar-refractivity contribution is 5.82. The first kappa shape index (κ1) is 29.2. The van der Waals surface area contributed by atoms with Gasteiger partial charge in [0.15, 0.2) is 0 Å². The molecule has 2 N–H and O–H groups in total. The normalized spacial score (nSPS) is 17.9. The van der Waals surface area contributed by atoms with Crippen molar-refractivity contribution < 1.29 is 13.9 Å². The van der Waals surface area contributed by atoms with Crippen molar-refractivity contribution in [1.29, 1.82) is 0 Å². The standard InChI is InChI=1S/C34H43FN4O2/c1-2-41-32-14-8-13-31(35)30(32)25-38-21-23-39(24-22-38)34(40)33(36)28-16-19-37(20-17-28)18-15-27-11-6-7-12-29(27)26-9-4-3-5-10-26/h3-14,28,33H,2,15-25,36H2,1H3. The van der Waals surface area contributed by atoms with Gasteiger partial charge in [-0.25, -0.2) is 4.39 Å². The maximum absolute atomic E-state index is 14.5. The molecule has 2 fully saturated rings. The van der Waals surface area contributed by atoms with Crippen molar-refractivity contribution in [1.82, 2.24) is 14.7 Å². The van der Waals surface area contributed by atoms with Gasteiger partial charge in [0.05, 0.1) is 12.6 Å². The van der Waals surface area contributed by atoms with Crippen LogP contribution in [0.25, 0.3) is 11.1 Å². The Morgan fingerprint density at radius 2 is 1.61 bits per heavy atom. The van der Waals surface area contributed by atoms with Crippen LogP contribution in [-0.2, 0) is 17.8 Å². The van der Waals surface area contributed by atoms with E-state index in [-0.39, 0.29) is 17.6 Å². The zero-order valence-electron chi connectivity index (χ0n) is 24.2. The lowest BCUT2D eigenvalue weighted by atomic mass is 9.88. The van der Waals surface area contributed by atoms with Crippen LogP contribution in [0.2, 0.25) is 0 Å². The summed E-state index contributed by atoms with van der Waals surface area (Å²) in [6.07, 6.45) is 2.89. The highest BCUT2D eigenvalue weighted by Gasteiger charge is 2.33. The van der Waals surface area contributed by atoms with Gasteiger partial charge in [0.25, 0.3) is 0 Å². The summed E-state index contributed by atoms with van der Waals surface area (Å²) in [5, 5.41) is 0. The molecule has 1 atom stereocenters. The lowest BCUT2D eigenvalue weighted by Gasteiger charge is -2.39. The van der Waals surface area contributed by atoms with Gasteiger partial charge >= 0.3 is 0 Å². The van der Waals surface area contributed by atoms with Gasteiger partial charge in [-0.05, 0) is 74.0 Å². The van der Waals surface area contributed by atoms with E-state index in [4.69, 9.17) is 10.5 Å². The van der Waals surface area contributed by atoms with Gasteiger partial charge in [-0.1, -0.05) is 60.7 Å². The molecule has 7 heteroatoms. The van der Waals surface area contributed by atoms with Crippen LogP contribution in [0.5, 0.6) is 5.75 Å². The second-order valence-electron chi connectivity index (χ2n) is 11.2. The van der Waals surface area contributed by atoms with E-state index in [1.807, 2.05) is 17.9 Å². The summed E-state index contributed by atoms with van der Waals surface area (Å²) in [5.41, 5.74) is 11.1. The van der Waals surface area contributed by atoms with Gasteiger partial charge in [-0.15, -0.1) is 0 Å². The van der Waals surface area contributed by atoms with Gasteiger partial charge in [0.2, 0.25) is 5.91 Å². The van der Waals surface area contributed by atoms with Crippen molar-refractivity contribution >= 4 is 5.91 Å². The fourth-order valence-electron chi connectivity index (χ4n) is 6.20. The summed E-state index contributed by atoms with van der Waals surface area (Å²) < 4.78 is 20.1. The molecule has 0 radical (unpaired) electrons. The molecule has 3 aromatic carbocycles. The summed E-state index contributed by atoms with van der Waals surface area (Å²) >= 11 is 0. The van der Waals surface area contributed by atoms with Crippen molar-refractivity contribution in [2.75, 3.05) is 52.4 Å². The van der Waals surface area contributed by atoms with Crippen LogP contribution in [0.3, 0.4) is 0 Å². The van der Waals surface area contributed by atoms with E-state index in [9.17, 15) is 9.18 Å². The number of ether oxygens (including phenoxy) is 1. The van der Waals surface area contributed by atoms with Crippen molar-refractivity contribution in [3.05, 3.63) is 89.7 Å². The maximum Gasteiger partial charge on any atom is 0.239 e. The van der Waals surface area contributed by atoms with Crippen molar-refractivity contribution in [3.63, 3.8) is 0 Å². The zero-order chi connectivity index (χ0) is 28.6. The predicted octanol–water partition coefficient (Wildman–Crippen LogP) is 4.82. The lowest BCUT2D eigenvalue weighted by Crippen LogP contribution is -2.55. The number of nitrogens with zero attached hydrogens (tertiary/aromatic N) is 3. The monoisotopic (exact) mass is 558 g/mol. The minimum absolute atomic E-state index is 0.0563. The Morgan fingerprint density at radius 3 is 2.34 bits per heavy atom. The second-order valence-corrected chi connectivity index (χ2v) is 11.2. The third kappa shape index (κ3) is 7.34. The van der Waals surface area contributed by atoms with E-state index in [1.54, 1.807) is 6.07 Å². The highest BCUT2D eigenvalue weighted by Crippen LogP contribution is 2.27. The molecule has 2 saturated heterocycles. The molecule has 1 amide bonds. The molecule has 218 valence electrons. The van der Waals surface area contributed by atoms with Gasteiger partial charge in [0, 0.05) is 44.8 Å².